The molecule has 2 aliphatic rings. The number of nitrogens with zero attached hydrogens (tertiary/aromatic N) is 5. The highest BCUT2D eigenvalue weighted by Gasteiger charge is 2.32. The quantitative estimate of drug-likeness (QED) is 0.323. The number of aromatic nitrogens is 5. The van der Waals surface area contributed by atoms with Crippen LogP contribution in [0.5, 0.6) is 0 Å². The van der Waals surface area contributed by atoms with Crippen molar-refractivity contribution in [1.29, 1.82) is 0 Å². The summed E-state index contributed by atoms with van der Waals surface area (Å²) in [6, 6.07) is 1.05. The first-order chi connectivity index (χ1) is 18.2. The average Bonchev–Trinajstić information content (AvgIpc) is 3.27. The first-order valence-electron chi connectivity index (χ1n) is 12.2. The van der Waals surface area contributed by atoms with E-state index in [2.05, 4.69) is 31.2 Å². The lowest BCUT2D eigenvalue weighted by atomic mass is 9.91. The molecule has 0 saturated heterocycles. The highest BCUT2D eigenvalue weighted by Crippen LogP contribution is 2.42. The van der Waals surface area contributed by atoms with Crippen LogP contribution in [0.15, 0.2) is 12.4 Å². The van der Waals surface area contributed by atoms with E-state index in [1.165, 1.54) is 35.5 Å². The van der Waals surface area contributed by atoms with Crippen LogP contribution in [0.4, 0.5) is 34.3 Å². The smallest absolute Gasteiger partial charge is 0.282 e. The van der Waals surface area contributed by atoms with Gasteiger partial charge in [-0.25, -0.2) is 17.6 Å². The summed E-state index contributed by atoms with van der Waals surface area (Å²) < 4.78 is 54.7. The van der Waals surface area contributed by atoms with Gasteiger partial charge < -0.3 is 16.0 Å². The minimum atomic E-state index is -2.79. The van der Waals surface area contributed by atoms with Crippen LogP contribution < -0.4 is 16.0 Å². The zero-order chi connectivity index (χ0) is 27.0. The standard InChI is InChI=1S/C23H26F4N8O2S/c1-34-17(7-14(33-34)20(26)27)30-23-32-29-10-35(23)12-4-5-15-13(6-12)19(21(37)28-9-11-2-3-11)22(38-15)31-18(36)8-16(24)25/h7,10-12,16,20H,2-6,8-9H2,1H3,(H,28,37)(H,30,32)(H,31,36). The fraction of sp³-hybridized carbons (Fsp3) is 0.522. The van der Waals surface area contributed by atoms with Crippen molar-refractivity contribution in [2.75, 3.05) is 17.2 Å². The maximum Gasteiger partial charge on any atom is 0.282 e. The van der Waals surface area contributed by atoms with E-state index in [9.17, 15) is 27.2 Å². The Hall–Kier alpha value is -3.49. The zero-order valence-electron chi connectivity index (χ0n) is 20.4. The lowest BCUT2D eigenvalue weighted by Gasteiger charge is -2.25. The van der Waals surface area contributed by atoms with Crippen LogP contribution in [0.2, 0.25) is 0 Å². The Kier molecular flexibility index (Phi) is 7.36. The number of anilines is 3. The van der Waals surface area contributed by atoms with Crippen molar-refractivity contribution < 1.29 is 27.2 Å². The third-order valence-corrected chi connectivity index (χ3v) is 7.84. The monoisotopic (exact) mass is 554 g/mol. The van der Waals surface area contributed by atoms with Gasteiger partial charge in [0, 0.05) is 30.6 Å². The number of hydrogen-bond donors (Lipinski definition) is 3. The van der Waals surface area contributed by atoms with Gasteiger partial charge in [-0.3, -0.25) is 18.8 Å². The van der Waals surface area contributed by atoms with Crippen molar-refractivity contribution in [3.05, 3.63) is 34.1 Å². The minimum absolute atomic E-state index is 0.183. The first-order valence-corrected chi connectivity index (χ1v) is 13.0. The Balaban J connectivity index is 1.40. The highest BCUT2D eigenvalue weighted by atomic mass is 32.1. The fourth-order valence-electron chi connectivity index (χ4n) is 4.52. The van der Waals surface area contributed by atoms with E-state index >= 15 is 0 Å². The number of amides is 2. The van der Waals surface area contributed by atoms with E-state index in [1.807, 2.05) is 0 Å². The van der Waals surface area contributed by atoms with Crippen molar-refractivity contribution in [1.82, 2.24) is 29.9 Å². The van der Waals surface area contributed by atoms with Gasteiger partial charge in [0.25, 0.3) is 12.3 Å². The van der Waals surface area contributed by atoms with Gasteiger partial charge in [0.15, 0.2) is 0 Å². The Morgan fingerprint density at radius 1 is 1.21 bits per heavy atom. The SMILES string of the molecule is Cn1nc(C(F)F)cc1Nc1nncn1C1CCc2sc(NC(=O)CC(F)F)c(C(=O)NCC3CC3)c2C1. The first kappa shape index (κ1) is 26.1. The molecule has 0 aromatic carbocycles. The number of aryl methyl sites for hydroxylation is 2. The third kappa shape index (κ3) is 5.66. The molecule has 1 atom stereocenters. The second-order valence-electron chi connectivity index (χ2n) is 9.47. The van der Waals surface area contributed by atoms with E-state index in [1.54, 1.807) is 4.57 Å². The zero-order valence-corrected chi connectivity index (χ0v) is 21.2. The predicted molar refractivity (Wildman–Crippen MR) is 131 cm³/mol. The maximum absolute atomic E-state index is 13.2. The van der Waals surface area contributed by atoms with Crippen molar-refractivity contribution in [2.45, 2.75) is 57.4 Å². The molecule has 0 bridgehead atoms. The lowest BCUT2D eigenvalue weighted by Crippen LogP contribution is -2.28. The number of carbonyl (C=O) groups excluding carboxylic acids is 2. The van der Waals surface area contributed by atoms with Crippen LogP contribution in [0.3, 0.4) is 0 Å². The van der Waals surface area contributed by atoms with Gasteiger partial charge in [-0.05, 0) is 43.6 Å². The molecule has 0 radical (unpaired) electrons. The molecule has 15 heteroatoms. The van der Waals surface area contributed by atoms with Crippen LogP contribution in [0.1, 0.15) is 64.6 Å². The molecule has 5 rings (SSSR count). The number of alkyl halides is 4. The largest absolute Gasteiger partial charge is 0.352 e. The van der Waals surface area contributed by atoms with Crippen LogP contribution in [-0.4, -0.2) is 49.3 Å². The van der Waals surface area contributed by atoms with Crippen molar-refractivity contribution >= 4 is 39.9 Å². The number of rotatable bonds is 10. The van der Waals surface area contributed by atoms with E-state index in [-0.39, 0.29) is 22.6 Å². The molecule has 0 aliphatic heterocycles. The number of nitrogens with one attached hydrogen (secondary N) is 3. The van der Waals surface area contributed by atoms with Crippen LogP contribution in [-0.2, 0) is 24.7 Å². The summed E-state index contributed by atoms with van der Waals surface area (Å²) in [4.78, 5) is 26.2. The molecule has 38 heavy (non-hydrogen) atoms. The average molecular weight is 555 g/mol. The molecule has 3 aromatic heterocycles. The van der Waals surface area contributed by atoms with Gasteiger partial charge in [0.2, 0.25) is 18.3 Å². The van der Waals surface area contributed by atoms with Crippen molar-refractivity contribution in [3.63, 3.8) is 0 Å². The van der Waals surface area contributed by atoms with Gasteiger partial charge >= 0.3 is 0 Å². The summed E-state index contributed by atoms with van der Waals surface area (Å²) in [5, 5.41) is 20.6. The van der Waals surface area contributed by atoms with Gasteiger partial charge in [0.05, 0.1) is 12.0 Å². The lowest BCUT2D eigenvalue weighted by molar-refractivity contribution is -0.118. The summed E-state index contributed by atoms with van der Waals surface area (Å²) in [7, 11) is 1.53. The Morgan fingerprint density at radius 2 is 2.00 bits per heavy atom. The second-order valence-corrected chi connectivity index (χ2v) is 10.6. The van der Waals surface area contributed by atoms with E-state index in [0.29, 0.717) is 49.1 Å². The Labute approximate surface area is 218 Å². The molecule has 3 heterocycles. The molecular weight excluding hydrogens is 528 g/mol. The number of fused-ring (bicyclic) bond motifs is 1. The van der Waals surface area contributed by atoms with E-state index < -0.39 is 25.2 Å². The molecule has 204 valence electrons. The summed E-state index contributed by atoms with van der Waals surface area (Å²) in [5.41, 5.74) is 0.672. The van der Waals surface area contributed by atoms with Crippen molar-refractivity contribution in [2.24, 2.45) is 13.0 Å². The summed E-state index contributed by atoms with van der Waals surface area (Å²) in [5.74, 6) is -0.135. The molecule has 2 aliphatic carbocycles. The third-order valence-electron chi connectivity index (χ3n) is 6.63. The van der Waals surface area contributed by atoms with Crippen LogP contribution in [0, 0.1) is 5.92 Å². The Bertz CT molecular complexity index is 1330. The number of halogens is 4. The Morgan fingerprint density at radius 3 is 2.68 bits per heavy atom. The van der Waals surface area contributed by atoms with Gasteiger partial charge in [0.1, 0.15) is 22.8 Å². The number of carbonyl (C=O) groups is 2. The van der Waals surface area contributed by atoms with Crippen LogP contribution >= 0.6 is 11.3 Å². The second kappa shape index (κ2) is 10.7. The molecule has 1 unspecified atom stereocenters. The molecule has 1 saturated carbocycles. The molecule has 10 nitrogen and oxygen atoms in total. The number of thiophene rings is 1. The maximum atomic E-state index is 13.2. The fourth-order valence-corrected chi connectivity index (χ4v) is 5.78. The van der Waals surface area contributed by atoms with E-state index in [4.69, 9.17) is 0 Å². The van der Waals surface area contributed by atoms with Crippen LogP contribution in [0.25, 0.3) is 0 Å². The molecule has 3 N–H and O–H groups in total. The predicted octanol–water partition coefficient (Wildman–Crippen LogP) is 4.22. The molecule has 1 fully saturated rings. The summed E-state index contributed by atoms with van der Waals surface area (Å²) >= 11 is 1.23. The molecule has 3 aromatic rings. The normalized spacial score (nSPS) is 17.1. The molecule has 2 amide bonds. The van der Waals surface area contributed by atoms with Gasteiger partial charge in [-0.15, -0.1) is 21.5 Å². The van der Waals surface area contributed by atoms with E-state index in [0.717, 1.165) is 23.3 Å². The van der Waals surface area contributed by atoms with Gasteiger partial charge in [-0.1, -0.05) is 0 Å². The highest BCUT2D eigenvalue weighted by molar-refractivity contribution is 7.17. The summed E-state index contributed by atoms with van der Waals surface area (Å²) in [6.07, 6.45) is -1.22. The van der Waals surface area contributed by atoms with Gasteiger partial charge in [-0.2, -0.15) is 5.10 Å². The topological polar surface area (TPSA) is 119 Å². The minimum Gasteiger partial charge on any atom is -0.352 e. The van der Waals surface area contributed by atoms with Crippen molar-refractivity contribution in [3.8, 4) is 0 Å². The molecular formula is C23H26F4N8O2S. The summed E-state index contributed by atoms with van der Waals surface area (Å²) in [6.45, 7) is 0.516. The number of hydrogen-bond acceptors (Lipinski definition) is 7. The molecule has 0 spiro atoms.